The number of carbonyl (C=O) groups is 2. The number of methoxy groups -OCH3 is 1. The van der Waals surface area contributed by atoms with Crippen LogP contribution in [-0.2, 0) is 9.59 Å². The van der Waals surface area contributed by atoms with Gasteiger partial charge in [-0.15, -0.1) is 0 Å². The molecule has 1 saturated heterocycles. The van der Waals surface area contributed by atoms with Gasteiger partial charge >= 0.3 is 0 Å². The highest BCUT2D eigenvalue weighted by Crippen LogP contribution is 2.23. The molecule has 2 aromatic rings. The fourth-order valence-electron chi connectivity index (χ4n) is 3.16. The van der Waals surface area contributed by atoms with Gasteiger partial charge < -0.3 is 15.0 Å². The summed E-state index contributed by atoms with van der Waals surface area (Å²) in [6, 6.07) is 11.8. The summed E-state index contributed by atoms with van der Waals surface area (Å²) >= 11 is 0. The lowest BCUT2D eigenvalue weighted by Gasteiger charge is -2.15. The molecule has 1 aliphatic heterocycles. The van der Waals surface area contributed by atoms with Crippen LogP contribution in [0.15, 0.2) is 48.5 Å². The molecule has 0 spiro atoms. The van der Waals surface area contributed by atoms with E-state index in [1.165, 1.54) is 25.3 Å². The van der Waals surface area contributed by atoms with E-state index in [9.17, 15) is 14.0 Å². The van der Waals surface area contributed by atoms with Crippen LogP contribution in [0.4, 0.5) is 10.1 Å². The number of halogens is 1. The molecule has 2 aromatic carbocycles. The number of nitrogens with one attached hydrogen (secondary N) is 1. The van der Waals surface area contributed by atoms with E-state index >= 15 is 0 Å². The number of ether oxygens (including phenoxy) is 1. The smallest absolute Gasteiger partial charge is 0.244 e. The predicted octanol–water partition coefficient (Wildman–Crippen LogP) is 3.85. The Morgan fingerprint density at radius 3 is 2.61 bits per heavy atom. The third-order valence-corrected chi connectivity index (χ3v) is 4.74. The van der Waals surface area contributed by atoms with Crippen LogP contribution in [-0.4, -0.2) is 25.5 Å². The summed E-state index contributed by atoms with van der Waals surface area (Å²) in [5.41, 5.74) is 2.38. The van der Waals surface area contributed by atoms with Crippen molar-refractivity contribution in [1.29, 1.82) is 0 Å². The maximum absolute atomic E-state index is 13.8. The summed E-state index contributed by atoms with van der Waals surface area (Å²) in [5, 5.41) is 2.81. The highest BCUT2D eigenvalue weighted by Gasteiger charge is 2.21. The van der Waals surface area contributed by atoms with Gasteiger partial charge in [0.1, 0.15) is 0 Å². The van der Waals surface area contributed by atoms with E-state index in [0.717, 1.165) is 24.2 Å². The zero-order valence-corrected chi connectivity index (χ0v) is 15.9. The number of hydrogen-bond donors (Lipinski definition) is 1. The van der Waals surface area contributed by atoms with E-state index in [-0.39, 0.29) is 23.6 Å². The largest absolute Gasteiger partial charge is 0.494 e. The minimum absolute atomic E-state index is 0.145. The van der Waals surface area contributed by atoms with Gasteiger partial charge in [0.15, 0.2) is 11.6 Å². The molecule has 28 heavy (non-hydrogen) atoms. The SMILES string of the molecule is COc1ccc(C(C)NC(=O)/C=C/c2ccc(N3CCCC3=O)cc2)cc1F. The van der Waals surface area contributed by atoms with Crippen molar-refractivity contribution < 1.29 is 18.7 Å². The molecule has 1 N–H and O–H groups in total. The van der Waals surface area contributed by atoms with Crippen LogP contribution < -0.4 is 15.0 Å². The summed E-state index contributed by atoms with van der Waals surface area (Å²) in [7, 11) is 1.41. The molecule has 1 heterocycles. The first-order chi connectivity index (χ1) is 13.5. The second-order valence-corrected chi connectivity index (χ2v) is 6.70. The minimum Gasteiger partial charge on any atom is -0.494 e. The summed E-state index contributed by atoms with van der Waals surface area (Å²) in [5.74, 6) is -0.427. The third-order valence-electron chi connectivity index (χ3n) is 4.74. The molecular formula is C22H23FN2O3. The Kier molecular flexibility index (Phi) is 6.09. The molecule has 1 fully saturated rings. The van der Waals surface area contributed by atoms with Crippen molar-refractivity contribution in [3.63, 3.8) is 0 Å². The van der Waals surface area contributed by atoms with Crippen LogP contribution in [0.2, 0.25) is 0 Å². The molecule has 0 aromatic heterocycles. The Morgan fingerprint density at radius 1 is 1.25 bits per heavy atom. The number of amides is 2. The van der Waals surface area contributed by atoms with E-state index in [1.807, 2.05) is 24.3 Å². The van der Waals surface area contributed by atoms with Gasteiger partial charge in [-0.25, -0.2) is 4.39 Å². The molecule has 1 atom stereocenters. The topological polar surface area (TPSA) is 58.6 Å². The van der Waals surface area contributed by atoms with Gasteiger partial charge in [-0.1, -0.05) is 18.2 Å². The molecule has 3 rings (SSSR count). The number of nitrogens with zero attached hydrogens (tertiary/aromatic N) is 1. The van der Waals surface area contributed by atoms with Gasteiger partial charge in [-0.05, 0) is 54.8 Å². The summed E-state index contributed by atoms with van der Waals surface area (Å²) in [6.45, 7) is 2.54. The second-order valence-electron chi connectivity index (χ2n) is 6.70. The second kappa shape index (κ2) is 8.69. The minimum atomic E-state index is -0.465. The number of anilines is 1. The molecular weight excluding hydrogens is 359 g/mol. The summed E-state index contributed by atoms with van der Waals surface area (Å²) in [4.78, 5) is 25.7. The van der Waals surface area contributed by atoms with Gasteiger partial charge in [-0.2, -0.15) is 0 Å². The molecule has 1 unspecified atom stereocenters. The lowest BCUT2D eigenvalue weighted by molar-refractivity contribution is -0.117. The molecule has 146 valence electrons. The maximum Gasteiger partial charge on any atom is 0.244 e. The molecule has 2 amide bonds. The monoisotopic (exact) mass is 382 g/mol. The first-order valence-corrected chi connectivity index (χ1v) is 9.20. The van der Waals surface area contributed by atoms with E-state index in [1.54, 1.807) is 24.0 Å². The normalized spacial score (nSPS) is 15.1. The van der Waals surface area contributed by atoms with Crippen LogP contribution in [0.3, 0.4) is 0 Å². The van der Waals surface area contributed by atoms with Gasteiger partial charge in [0.05, 0.1) is 13.2 Å². The van der Waals surface area contributed by atoms with E-state index in [4.69, 9.17) is 4.74 Å². The maximum atomic E-state index is 13.8. The van der Waals surface area contributed by atoms with Crippen LogP contribution in [0, 0.1) is 5.82 Å². The lowest BCUT2D eigenvalue weighted by Crippen LogP contribution is -2.24. The number of hydrogen-bond acceptors (Lipinski definition) is 3. The Balaban J connectivity index is 1.58. The molecule has 6 heteroatoms. The van der Waals surface area contributed by atoms with E-state index < -0.39 is 5.82 Å². The fraction of sp³-hybridized carbons (Fsp3) is 0.273. The summed E-state index contributed by atoms with van der Waals surface area (Å²) < 4.78 is 18.7. The molecule has 5 nitrogen and oxygen atoms in total. The predicted molar refractivity (Wildman–Crippen MR) is 107 cm³/mol. The zero-order chi connectivity index (χ0) is 20.1. The first-order valence-electron chi connectivity index (χ1n) is 9.20. The average molecular weight is 382 g/mol. The van der Waals surface area contributed by atoms with Crippen molar-refractivity contribution in [2.75, 3.05) is 18.6 Å². The average Bonchev–Trinajstić information content (AvgIpc) is 3.12. The quantitative estimate of drug-likeness (QED) is 0.772. The van der Waals surface area contributed by atoms with Crippen LogP contribution in [0.1, 0.15) is 36.9 Å². The van der Waals surface area contributed by atoms with Gasteiger partial charge in [0, 0.05) is 24.7 Å². The fourth-order valence-corrected chi connectivity index (χ4v) is 3.16. The molecule has 0 bridgehead atoms. The first kappa shape index (κ1) is 19.6. The van der Waals surface area contributed by atoms with Crippen molar-refractivity contribution in [3.8, 4) is 5.75 Å². The van der Waals surface area contributed by atoms with Crippen molar-refractivity contribution >= 4 is 23.6 Å². The van der Waals surface area contributed by atoms with Gasteiger partial charge in [-0.3, -0.25) is 9.59 Å². The lowest BCUT2D eigenvalue weighted by atomic mass is 10.1. The molecule has 0 saturated carbocycles. The van der Waals surface area contributed by atoms with Crippen molar-refractivity contribution in [1.82, 2.24) is 5.32 Å². The van der Waals surface area contributed by atoms with Gasteiger partial charge in [0.2, 0.25) is 11.8 Å². The van der Waals surface area contributed by atoms with Crippen molar-refractivity contribution in [3.05, 3.63) is 65.5 Å². The number of benzene rings is 2. The van der Waals surface area contributed by atoms with Gasteiger partial charge in [0.25, 0.3) is 0 Å². The standard InChI is InChI=1S/C22H23FN2O3/c1-15(17-8-11-20(28-2)19(23)14-17)24-21(26)12-7-16-5-9-18(10-6-16)25-13-3-4-22(25)27/h5-12,14-15H,3-4,13H2,1-2H3,(H,24,26)/b12-7+. The summed E-state index contributed by atoms with van der Waals surface area (Å²) in [6.07, 6.45) is 4.62. The van der Waals surface area contributed by atoms with Crippen LogP contribution >= 0.6 is 0 Å². The Morgan fingerprint density at radius 2 is 2.00 bits per heavy atom. The van der Waals surface area contributed by atoms with E-state index in [2.05, 4.69) is 5.32 Å². The Labute approximate surface area is 163 Å². The third kappa shape index (κ3) is 4.57. The molecule has 0 aliphatic carbocycles. The molecule has 0 radical (unpaired) electrons. The van der Waals surface area contributed by atoms with Crippen molar-refractivity contribution in [2.45, 2.75) is 25.8 Å². The Bertz CT molecular complexity index is 893. The van der Waals surface area contributed by atoms with Crippen molar-refractivity contribution in [2.24, 2.45) is 0 Å². The Hall–Kier alpha value is -3.15. The highest BCUT2D eigenvalue weighted by molar-refractivity contribution is 5.95. The zero-order valence-electron chi connectivity index (χ0n) is 15.9. The highest BCUT2D eigenvalue weighted by atomic mass is 19.1. The van der Waals surface area contributed by atoms with Crippen LogP contribution in [0.5, 0.6) is 5.75 Å². The number of carbonyl (C=O) groups excluding carboxylic acids is 2. The number of rotatable bonds is 6. The van der Waals surface area contributed by atoms with Crippen LogP contribution in [0.25, 0.3) is 6.08 Å². The van der Waals surface area contributed by atoms with E-state index in [0.29, 0.717) is 12.0 Å². The molecule has 1 aliphatic rings.